The van der Waals surface area contributed by atoms with E-state index in [1.165, 1.54) is 5.57 Å². The molecule has 3 heterocycles. The molecule has 0 saturated carbocycles. The molecule has 1 amide bonds. The Kier molecular flexibility index (Phi) is 4.90. The first kappa shape index (κ1) is 17.7. The van der Waals surface area contributed by atoms with Crippen molar-refractivity contribution in [2.45, 2.75) is 31.8 Å². The molecule has 4 rings (SSSR count). The van der Waals surface area contributed by atoms with Crippen LogP contribution in [-0.2, 0) is 4.74 Å². The zero-order valence-corrected chi connectivity index (χ0v) is 15.5. The molecule has 0 atom stereocenters. The highest BCUT2D eigenvalue weighted by Crippen LogP contribution is 2.33. The van der Waals surface area contributed by atoms with Crippen LogP contribution in [0.15, 0.2) is 54.4 Å². The summed E-state index contributed by atoms with van der Waals surface area (Å²) in [5, 5.41) is 3.12. The van der Waals surface area contributed by atoms with Crippen molar-refractivity contribution in [3.8, 4) is 0 Å². The van der Waals surface area contributed by atoms with Crippen LogP contribution in [-0.4, -0.2) is 46.1 Å². The highest BCUT2D eigenvalue weighted by atomic mass is 16.5. The van der Waals surface area contributed by atoms with Crippen molar-refractivity contribution < 1.29 is 9.53 Å². The van der Waals surface area contributed by atoms with E-state index in [0.29, 0.717) is 24.6 Å². The smallest absolute Gasteiger partial charge is 0.256 e. The van der Waals surface area contributed by atoms with E-state index in [0.717, 1.165) is 31.6 Å². The van der Waals surface area contributed by atoms with Gasteiger partial charge in [0, 0.05) is 31.2 Å². The van der Waals surface area contributed by atoms with Gasteiger partial charge in [-0.2, -0.15) is 0 Å². The number of hydrogen-bond donors (Lipinski definition) is 1. The van der Waals surface area contributed by atoms with Gasteiger partial charge in [0.15, 0.2) is 0 Å². The Morgan fingerprint density at radius 1 is 1.15 bits per heavy atom. The van der Waals surface area contributed by atoms with E-state index in [2.05, 4.69) is 28.3 Å². The Morgan fingerprint density at radius 3 is 2.52 bits per heavy atom. The summed E-state index contributed by atoms with van der Waals surface area (Å²) < 4.78 is 6.04. The van der Waals surface area contributed by atoms with Gasteiger partial charge >= 0.3 is 0 Å². The summed E-state index contributed by atoms with van der Waals surface area (Å²) in [7, 11) is 0. The zero-order valence-electron chi connectivity index (χ0n) is 15.5. The fourth-order valence-electron chi connectivity index (χ4n) is 3.69. The van der Waals surface area contributed by atoms with Gasteiger partial charge in [-0.25, -0.2) is 9.97 Å². The normalized spacial score (nSPS) is 18.9. The number of aromatic nitrogens is 2. The molecule has 27 heavy (non-hydrogen) atoms. The first-order chi connectivity index (χ1) is 13.1. The fraction of sp³-hybridized carbons (Fsp3) is 0.381. The summed E-state index contributed by atoms with van der Waals surface area (Å²) in [6, 6.07) is 9.71. The number of carbonyl (C=O) groups excluding carboxylic acids is 1. The minimum atomic E-state index is -0.181. The Balaban J connectivity index is 1.38. The molecule has 140 valence electrons. The molecule has 0 aliphatic carbocycles. The molecule has 1 saturated heterocycles. The van der Waals surface area contributed by atoms with Gasteiger partial charge in [0.05, 0.1) is 17.8 Å². The van der Waals surface area contributed by atoms with E-state index < -0.39 is 0 Å². The van der Waals surface area contributed by atoms with Crippen LogP contribution in [0, 0.1) is 0 Å². The summed E-state index contributed by atoms with van der Waals surface area (Å²) in [5.74, 6) is 0.458. The maximum atomic E-state index is 12.8. The molecule has 1 fully saturated rings. The van der Waals surface area contributed by atoms with Crippen molar-refractivity contribution in [2.75, 3.05) is 25.0 Å². The van der Waals surface area contributed by atoms with Crippen LogP contribution in [0.25, 0.3) is 0 Å². The lowest BCUT2D eigenvalue weighted by atomic mass is 9.87. The number of piperidine rings is 1. The van der Waals surface area contributed by atoms with E-state index in [1.54, 1.807) is 12.4 Å². The van der Waals surface area contributed by atoms with Crippen molar-refractivity contribution in [3.63, 3.8) is 0 Å². The van der Waals surface area contributed by atoms with Crippen molar-refractivity contribution >= 4 is 17.5 Å². The number of rotatable bonds is 3. The number of hydrogen-bond acceptors (Lipinski definition) is 5. The van der Waals surface area contributed by atoms with E-state index in [1.807, 2.05) is 35.2 Å². The highest BCUT2D eigenvalue weighted by molar-refractivity contribution is 5.93. The molecule has 0 radical (unpaired) electrons. The zero-order chi connectivity index (χ0) is 18.7. The number of amides is 1. The second-order valence-electron chi connectivity index (χ2n) is 7.23. The molecular weight excluding hydrogens is 340 g/mol. The van der Waals surface area contributed by atoms with Crippen molar-refractivity contribution in [2.24, 2.45) is 0 Å². The Labute approximate surface area is 159 Å². The minimum absolute atomic E-state index is 0.0207. The van der Waals surface area contributed by atoms with Gasteiger partial charge in [-0.05, 0) is 38.3 Å². The SMILES string of the molecule is CC1=CC2(CCN(C(=O)c3cnc(Nc4ccccc4)nc3)CC2)OCC1. The lowest BCUT2D eigenvalue weighted by molar-refractivity contribution is -0.0522. The maximum absolute atomic E-state index is 12.8. The van der Waals surface area contributed by atoms with Crippen molar-refractivity contribution in [1.29, 1.82) is 0 Å². The third kappa shape index (κ3) is 4.01. The molecule has 1 N–H and O–H groups in total. The molecular formula is C21H24N4O2. The number of nitrogens with zero attached hydrogens (tertiary/aromatic N) is 3. The van der Waals surface area contributed by atoms with Crippen LogP contribution in [0.1, 0.15) is 36.5 Å². The number of likely N-dealkylation sites (tertiary alicyclic amines) is 1. The molecule has 1 spiro atoms. The van der Waals surface area contributed by atoms with Gasteiger partial charge in [0.2, 0.25) is 5.95 Å². The van der Waals surface area contributed by atoms with Crippen LogP contribution in [0.2, 0.25) is 0 Å². The summed E-state index contributed by atoms with van der Waals surface area (Å²) in [6.45, 7) is 4.31. The van der Waals surface area contributed by atoms with Gasteiger partial charge in [0.1, 0.15) is 0 Å². The number of ether oxygens (including phenoxy) is 1. The number of anilines is 2. The largest absolute Gasteiger partial charge is 0.370 e. The van der Waals surface area contributed by atoms with Gasteiger partial charge < -0.3 is 15.0 Å². The van der Waals surface area contributed by atoms with Gasteiger partial charge in [-0.1, -0.05) is 29.8 Å². The monoisotopic (exact) mass is 364 g/mol. The Morgan fingerprint density at radius 2 is 1.85 bits per heavy atom. The van der Waals surface area contributed by atoms with Crippen LogP contribution in [0.3, 0.4) is 0 Å². The van der Waals surface area contributed by atoms with Crippen LogP contribution in [0.5, 0.6) is 0 Å². The lowest BCUT2D eigenvalue weighted by Gasteiger charge is -2.42. The Bertz CT molecular complexity index is 825. The molecule has 6 nitrogen and oxygen atoms in total. The van der Waals surface area contributed by atoms with Gasteiger partial charge in [-0.3, -0.25) is 4.79 Å². The summed E-state index contributed by atoms with van der Waals surface area (Å²) in [6.07, 6.45) is 8.12. The second-order valence-corrected chi connectivity index (χ2v) is 7.23. The topological polar surface area (TPSA) is 67.4 Å². The second kappa shape index (κ2) is 7.48. The van der Waals surface area contributed by atoms with E-state index in [-0.39, 0.29) is 11.5 Å². The first-order valence-corrected chi connectivity index (χ1v) is 9.39. The average Bonchev–Trinajstić information content (AvgIpc) is 2.69. The third-order valence-corrected chi connectivity index (χ3v) is 5.22. The fourth-order valence-corrected chi connectivity index (χ4v) is 3.69. The highest BCUT2D eigenvalue weighted by Gasteiger charge is 2.36. The molecule has 2 aromatic rings. The van der Waals surface area contributed by atoms with Crippen LogP contribution < -0.4 is 5.32 Å². The number of benzene rings is 1. The number of para-hydroxylation sites is 1. The molecule has 2 aliphatic heterocycles. The van der Waals surface area contributed by atoms with Crippen LogP contribution in [0.4, 0.5) is 11.6 Å². The summed E-state index contributed by atoms with van der Waals surface area (Å²) in [5.41, 5.74) is 2.63. The average molecular weight is 364 g/mol. The van der Waals surface area contributed by atoms with Gasteiger partial charge in [-0.15, -0.1) is 0 Å². The molecule has 1 aromatic carbocycles. The molecule has 0 bridgehead atoms. The minimum Gasteiger partial charge on any atom is -0.370 e. The standard InChI is InChI=1S/C21H24N4O2/c1-16-7-12-27-21(13-16)8-10-25(11-9-21)19(26)17-14-22-20(23-15-17)24-18-5-3-2-4-6-18/h2-6,13-15H,7-12H2,1H3,(H,22,23,24). The van der Waals surface area contributed by atoms with E-state index in [9.17, 15) is 4.79 Å². The molecule has 6 heteroatoms. The lowest BCUT2D eigenvalue weighted by Crippen LogP contribution is -2.48. The van der Waals surface area contributed by atoms with Crippen molar-refractivity contribution in [1.82, 2.24) is 14.9 Å². The quantitative estimate of drug-likeness (QED) is 0.844. The predicted molar refractivity (Wildman–Crippen MR) is 104 cm³/mol. The van der Waals surface area contributed by atoms with E-state index in [4.69, 9.17) is 4.74 Å². The van der Waals surface area contributed by atoms with Crippen molar-refractivity contribution in [3.05, 3.63) is 59.9 Å². The Hall–Kier alpha value is -2.73. The summed E-state index contributed by atoms with van der Waals surface area (Å²) >= 11 is 0. The number of nitrogens with one attached hydrogen (secondary N) is 1. The van der Waals surface area contributed by atoms with Crippen LogP contribution >= 0.6 is 0 Å². The summed E-state index contributed by atoms with van der Waals surface area (Å²) in [4.78, 5) is 23.2. The first-order valence-electron chi connectivity index (χ1n) is 9.39. The predicted octanol–water partition coefficient (Wildman–Crippen LogP) is 3.56. The maximum Gasteiger partial charge on any atom is 0.256 e. The molecule has 2 aliphatic rings. The molecule has 1 aromatic heterocycles. The third-order valence-electron chi connectivity index (χ3n) is 5.22. The number of carbonyl (C=O) groups is 1. The van der Waals surface area contributed by atoms with Gasteiger partial charge in [0.25, 0.3) is 5.91 Å². The molecule has 0 unspecified atom stereocenters. The van der Waals surface area contributed by atoms with E-state index >= 15 is 0 Å².